The van der Waals surface area contributed by atoms with Gasteiger partial charge in [0.05, 0.1) is 0 Å². The Kier molecular flexibility index (Phi) is 15.2. The van der Waals surface area contributed by atoms with Crippen LogP contribution in [0.25, 0.3) is 0 Å². The van der Waals surface area contributed by atoms with Crippen LogP contribution >= 0.6 is 0 Å². The van der Waals surface area contributed by atoms with Gasteiger partial charge >= 0.3 is 5.97 Å². The van der Waals surface area contributed by atoms with Crippen molar-refractivity contribution in [3.8, 4) is 0 Å². The number of ether oxygens (including phenoxy) is 1. The van der Waals surface area contributed by atoms with Crippen LogP contribution in [-0.2, 0) is 9.53 Å². The summed E-state index contributed by atoms with van der Waals surface area (Å²) in [5, 5.41) is 0. The fourth-order valence-corrected chi connectivity index (χ4v) is 3.05. The molecule has 0 spiro atoms. The molecule has 0 fully saturated rings. The highest BCUT2D eigenvalue weighted by Crippen LogP contribution is 2.21. The first-order valence-corrected chi connectivity index (χ1v) is 11.5. The molecule has 0 aliphatic heterocycles. The molecule has 0 rings (SSSR count). The van der Waals surface area contributed by atoms with Gasteiger partial charge in [0.2, 0.25) is 0 Å². The Morgan fingerprint density at radius 3 is 1.46 bits per heavy atom. The number of carbonyl (C=O) groups is 1. The number of unbranched alkanes of at least 4 members (excludes halogenated alkanes) is 11. The summed E-state index contributed by atoms with van der Waals surface area (Å²) >= 11 is 0. The summed E-state index contributed by atoms with van der Waals surface area (Å²) in [5.41, 5.74) is -0.342. The molecule has 0 amide bonds. The molecule has 0 heterocycles. The second kappa shape index (κ2) is 15.5. The largest absolute Gasteiger partial charge is 0.459 e. The van der Waals surface area contributed by atoms with Gasteiger partial charge in [0.1, 0.15) is 5.60 Å². The van der Waals surface area contributed by atoms with Crippen LogP contribution in [0.5, 0.6) is 0 Å². The first-order valence-electron chi connectivity index (χ1n) is 11.5. The van der Waals surface area contributed by atoms with E-state index in [0.717, 1.165) is 18.8 Å². The lowest BCUT2D eigenvalue weighted by molar-refractivity contribution is -0.160. The number of esters is 1. The lowest BCUT2D eigenvalue weighted by Crippen LogP contribution is -2.33. The highest BCUT2D eigenvalue weighted by atomic mass is 16.6. The molecular formula is C24H48O2. The fourth-order valence-electron chi connectivity index (χ4n) is 3.05. The molecule has 0 aromatic carbocycles. The normalized spacial score (nSPS) is 12.2. The predicted octanol–water partition coefficient (Wildman–Crippen LogP) is 8.08. The topological polar surface area (TPSA) is 26.3 Å². The van der Waals surface area contributed by atoms with E-state index in [0.29, 0.717) is 12.3 Å². The average molecular weight is 369 g/mol. The van der Waals surface area contributed by atoms with Gasteiger partial charge in [-0.25, -0.2) is 0 Å². The van der Waals surface area contributed by atoms with Crippen molar-refractivity contribution in [2.75, 3.05) is 0 Å². The Morgan fingerprint density at radius 1 is 0.692 bits per heavy atom. The maximum atomic E-state index is 11.9. The van der Waals surface area contributed by atoms with E-state index in [1.165, 1.54) is 70.6 Å². The second-order valence-electron chi connectivity index (χ2n) is 9.41. The van der Waals surface area contributed by atoms with E-state index < -0.39 is 0 Å². The van der Waals surface area contributed by atoms with E-state index in [-0.39, 0.29) is 11.6 Å². The highest BCUT2D eigenvalue weighted by molar-refractivity contribution is 5.69. The third-order valence-corrected chi connectivity index (χ3v) is 5.68. The van der Waals surface area contributed by atoms with Gasteiger partial charge < -0.3 is 4.74 Å². The van der Waals surface area contributed by atoms with Crippen LogP contribution in [0.1, 0.15) is 131 Å². The van der Waals surface area contributed by atoms with E-state index in [4.69, 9.17) is 4.74 Å². The standard InChI is InChI=1S/C24H48O2/c1-21(2)19-17-15-13-11-9-7-8-10-12-14-16-18-20-23(25)26-24(5,6)22(3)4/h21-22H,7-20H2,1-6H3. The smallest absolute Gasteiger partial charge is 0.306 e. The molecule has 2 heteroatoms. The summed E-state index contributed by atoms with van der Waals surface area (Å²) in [6, 6.07) is 0. The van der Waals surface area contributed by atoms with Gasteiger partial charge in [0.25, 0.3) is 0 Å². The quantitative estimate of drug-likeness (QED) is 0.191. The molecule has 0 saturated heterocycles. The van der Waals surface area contributed by atoms with Crippen LogP contribution in [0.2, 0.25) is 0 Å². The van der Waals surface area contributed by atoms with Gasteiger partial charge in [-0.15, -0.1) is 0 Å². The third kappa shape index (κ3) is 15.7. The van der Waals surface area contributed by atoms with Gasteiger partial charge in [-0.05, 0) is 32.1 Å². The van der Waals surface area contributed by atoms with E-state index in [1.54, 1.807) is 0 Å². The zero-order valence-electron chi connectivity index (χ0n) is 18.9. The molecule has 2 nitrogen and oxygen atoms in total. The van der Waals surface area contributed by atoms with Crippen molar-refractivity contribution in [3.63, 3.8) is 0 Å². The van der Waals surface area contributed by atoms with E-state index in [1.807, 2.05) is 13.8 Å². The molecule has 0 aliphatic carbocycles. The van der Waals surface area contributed by atoms with Crippen molar-refractivity contribution >= 4 is 5.97 Å². The van der Waals surface area contributed by atoms with Gasteiger partial charge in [0.15, 0.2) is 0 Å². The molecule has 0 aromatic rings. The van der Waals surface area contributed by atoms with Gasteiger partial charge in [0, 0.05) is 6.42 Å². The maximum absolute atomic E-state index is 11.9. The summed E-state index contributed by atoms with van der Waals surface area (Å²) in [5.74, 6) is 1.19. The van der Waals surface area contributed by atoms with E-state index in [2.05, 4.69) is 27.7 Å². The highest BCUT2D eigenvalue weighted by Gasteiger charge is 2.26. The number of rotatable bonds is 17. The summed E-state index contributed by atoms with van der Waals surface area (Å²) in [6.07, 6.45) is 17.9. The van der Waals surface area contributed by atoms with Crippen LogP contribution in [0.3, 0.4) is 0 Å². The zero-order chi connectivity index (χ0) is 19.8. The van der Waals surface area contributed by atoms with Crippen LogP contribution in [-0.4, -0.2) is 11.6 Å². The Morgan fingerprint density at radius 2 is 1.08 bits per heavy atom. The first kappa shape index (κ1) is 25.5. The van der Waals surface area contributed by atoms with Crippen molar-refractivity contribution in [2.45, 2.75) is 137 Å². The lowest BCUT2D eigenvalue weighted by atomic mass is 9.94. The number of hydrogen-bond acceptors (Lipinski definition) is 2. The molecule has 0 saturated carbocycles. The lowest BCUT2D eigenvalue weighted by Gasteiger charge is -2.29. The predicted molar refractivity (Wildman–Crippen MR) is 114 cm³/mol. The van der Waals surface area contributed by atoms with Crippen LogP contribution in [0, 0.1) is 11.8 Å². The fraction of sp³-hybridized carbons (Fsp3) is 0.958. The van der Waals surface area contributed by atoms with Gasteiger partial charge in [-0.1, -0.05) is 105 Å². The molecule has 0 N–H and O–H groups in total. The van der Waals surface area contributed by atoms with Crippen molar-refractivity contribution in [3.05, 3.63) is 0 Å². The van der Waals surface area contributed by atoms with Crippen molar-refractivity contribution in [1.29, 1.82) is 0 Å². The molecule has 0 aliphatic rings. The Balaban J connectivity index is 3.30. The SMILES string of the molecule is CC(C)CCCCCCCCCCCCCCC(=O)OC(C)(C)C(C)C. The van der Waals surface area contributed by atoms with E-state index in [9.17, 15) is 4.79 Å². The van der Waals surface area contributed by atoms with Crippen LogP contribution < -0.4 is 0 Å². The average Bonchev–Trinajstić information content (AvgIpc) is 2.54. The molecule has 0 bridgehead atoms. The molecule has 0 aromatic heterocycles. The summed E-state index contributed by atoms with van der Waals surface area (Å²) < 4.78 is 5.58. The molecule has 156 valence electrons. The van der Waals surface area contributed by atoms with Crippen LogP contribution in [0.4, 0.5) is 0 Å². The number of carbonyl (C=O) groups excluding carboxylic acids is 1. The minimum atomic E-state index is -0.342. The molecular weight excluding hydrogens is 320 g/mol. The van der Waals surface area contributed by atoms with Crippen molar-refractivity contribution in [2.24, 2.45) is 11.8 Å². The number of hydrogen-bond donors (Lipinski definition) is 0. The molecule has 0 radical (unpaired) electrons. The maximum Gasteiger partial charge on any atom is 0.306 e. The Hall–Kier alpha value is -0.530. The summed E-state index contributed by atoms with van der Waals surface area (Å²) in [6.45, 7) is 12.8. The van der Waals surface area contributed by atoms with Crippen molar-refractivity contribution in [1.82, 2.24) is 0 Å². The molecule has 0 unspecified atom stereocenters. The third-order valence-electron chi connectivity index (χ3n) is 5.68. The van der Waals surface area contributed by atoms with Gasteiger partial charge in [-0.2, -0.15) is 0 Å². The van der Waals surface area contributed by atoms with Crippen LogP contribution in [0.15, 0.2) is 0 Å². The molecule has 26 heavy (non-hydrogen) atoms. The van der Waals surface area contributed by atoms with Crippen molar-refractivity contribution < 1.29 is 9.53 Å². The Labute approximate surface area is 164 Å². The van der Waals surface area contributed by atoms with E-state index >= 15 is 0 Å². The first-order chi connectivity index (χ1) is 12.3. The second-order valence-corrected chi connectivity index (χ2v) is 9.41. The minimum absolute atomic E-state index is 0.0305. The zero-order valence-corrected chi connectivity index (χ0v) is 18.9. The summed E-state index contributed by atoms with van der Waals surface area (Å²) in [7, 11) is 0. The monoisotopic (exact) mass is 368 g/mol. The molecule has 0 atom stereocenters. The minimum Gasteiger partial charge on any atom is -0.459 e. The Bertz CT molecular complexity index is 331. The van der Waals surface area contributed by atoms with Gasteiger partial charge in [-0.3, -0.25) is 4.79 Å². The summed E-state index contributed by atoms with van der Waals surface area (Å²) in [4.78, 5) is 11.9.